The van der Waals surface area contributed by atoms with Crippen molar-refractivity contribution in [1.82, 2.24) is 0 Å². The summed E-state index contributed by atoms with van der Waals surface area (Å²) in [4.78, 5) is 18.9. The van der Waals surface area contributed by atoms with E-state index in [-0.39, 0.29) is 11.3 Å². The number of ether oxygens (including phenoxy) is 4. The Bertz CT molecular complexity index is 1290. The number of fused-ring (bicyclic) bond motifs is 4. The average Bonchev–Trinajstić information content (AvgIpc) is 3.57. The topological polar surface area (TPSA) is 75.7 Å². The lowest BCUT2D eigenvalue weighted by molar-refractivity contribution is -0.116. The van der Waals surface area contributed by atoms with Gasteiger partial charge in [-0.2, -0.15) is 0 Å². The summed E-state index contributed by atoms with van der Waals surface area (Å²) in [5.41, 5.74) is 8.18. The van der Waals surface area contributed by atoms with Gasteiger partial charge in [-0.25, -0.2) is 0 Å². The molecule has 0 atom stereocenters. The minimum Gasteiger partial charge on any atom is -0.384 e. The number of amides is 1. The predicted molar refractivity (Wildman–Crippen MR) is 169 cm³/mol. The summed E-state index contributed by atoms with van der Waals surface area (Å²) in [6.45, 7) is 14.0. The first-order valence-corrected chi connectivity index (χ1v) is 16.2. The molecule has 4 fully saturated rings. The van der Waals surface area contributed by atoms with Crippen LogP contribution in [0, 0.1) is 0 Å². The van der Waals surface area contributed by atoms with Gasteiger partial charge in [-0.15, -0.1) is 0 Å². The average molecular weight is 591 g/mol. The molecule has 2 aromatic rings. The van der Waals surface area contributed by atoms with E-state index in [0.717, 1.165) is 123 Å². The second kappa shape index (κ2) is 12.3. The molecule has 9 nitrogen and oxygen atoms in total. The summed E-state index contributed by atoms with van der Waals surface area (Å²) >= 11 is 0. The summed E-state index contributed by atoms with van der Waals surface area (Å²) in [5.74, 6) is 0.133. The molecule has 8 rings (SSSR count). The second-order valence-electron chi connectivity index (χ2n) is 12.9. The number of rotatable bonds is 2. The van der Waals surface area contributed by atoms with Crippen LogP contribution in [-0.2, 0) is 34.6 Å². The minimum absolute atomic E-state index is 0.0861. The molecule has 4 saturated heterocycles. The lowest BCUT2D eigenvalue weighted by Gasteiger charge is -2.34. The van der Waals surface area contributed by atoms with Crippen LogP contribution in [0.4, 0.5) is 22.7 Å². The number of nitrogens with zero attached hydrogens (tertiary/aromatic N) is 3. The molecule has 0 bridgehead atoms. The van der Waals surface area contributed by atoms with Gasteiger partial charge < -0.3 is 39.0 Å². The highest BCUT2D eigenvalue weighted by molar-refractivity contribution is 5.95. The monoisotopic (exact) mass is 590 g/mol. The lowest BCUT2D eigenvalue weighted by Crippen LogP contribution is -2.40. The van der Waals surface area contributed by atoms with Gasteiger partial charge in [0, 0.05) is 106 Å². The molecule has 232 valence electrons. The Kier molecular flexibility index (Phi) is 8.24. The fraction of sp³-hybridized carbons (Fsp3) is 0.618. The van der Waals surface area contributed by atoms with Crippen LogP contribution in [0.25, 0.3) is 0 Å². The molecule has 9 heteroatoms. The summed E-state index contributed by atoms with van der Waals surface area (Å²) in [7, 11) is 0. The Morgan fingerprint density at radius 3 is 1.77 bits per heavy atom. The number of morpholine rings is 2. The van der Waals surface area contributed by atoms with Crippen LogP contribution in [0.2, 0.25) is 0 Å². The fourth-order valence-corrected chi connectivity index (χ4v) is 7.88. The van der Waals surface area contributed by atoms with E-state index in [2.05, 4.69) is 51.5 Å². The number of anilines is 4. The third-order valence-electron chi connectivity index (χ3n) is 10.5. The van der Waals surface area contributed by atoms with Gasteiger partial charge in [0.05, 0.1) is 26.4 Å². The van der Waals surface area contributed by atoms with E-state index in [1.807, 2.05) is 4.90 Å². The van der Waals surface area contributed by atoms with Crippen molar-refractivity contribution in [2.45, 2.75) is 43.4 Å². The summed E-state index contributed by atoms with van der Waals surface area (Å²) in [6, 6.07) is 13.6. The Hall–Kier alpha value is -2.85. The predicted octanol–water partition coefficient (Wildman–Crippen LogP) is 3.93. The quantitative estimate of drug-likeness (QED) is 0.564. The first-order valence-electron chi connectivity index (χ1n) is 16.2. The molecule has 0 saturated carbocycles. The highest BCUT2D eigenvalue weighted by Gasteiger charge is 2.45. The minimum atomic E-state index is 0.0861. The molecule has 6 aliphatic heterocycles. The van der Waals surface area contributed by atoms with Gasteiger partial charge in [0.25, 0.3) is 0 Å². The third kappa shape index (κ3) is 5.61. The van der Waals surface area contributed by atoms with E-state index in [1.54, 1.807) is 6.92 Å². The van der Waals surface area contributed by atoms with Crippen LogP contribution in [0.15, 0.2) is 36.4 Å². The smallest absolute Gasteiger partial charge is 0.223 e. The van der Waals surface area contributed by atoms with Crippen molar-refractivity contribution in [3.05, 3.63) is 47.5 Å². The third-order valence-corrected chi connectivity index (χ3v) is 10.5. The Balaban J connectivity index is 0.000000141. The number of benzene rings is 2. The zero-order chi connectivity index (χ0) is 29.3. The first-order chi connectivity index (χ1) is 21.1. The SMILES string of the molecule is CC(=O)N1CC2(CCOCC2)c2ccc(N3CCOCC3)cc21.c1cc2c(cc1N1CCOCC1)NCC21CCOCC1. The molecular weight excluding hydrogens is 544 g/mol. The van der Waals surface area contributed by atoms with E-state index in [0.29, 0.717) is 5.41 Å². The summed E-state index contributed by atoms with van der Waals surface area (Å²) in [6.07, 6.45) is 4.29. The number of carbonyl (C=O) groups excluding carboxylic acids is 1. The van der Waals surface area contributed by atoms with Crippen LogP contribution < -0.4 is 20.0 Å². The van der Waals surface area contributed by atoms with Gasteiger partial charge in [0.1, 0.15) is 0 Å². The summed E-state index contributed by atoms with van der Waals surface area (Å²) < 4.78 is 22.0. The highest BCUT2D eigenvalue weighted by Crippen LogP contribution is 2.48. The van der Waals surface area contributed by atoms with Crippen molar-refractivity contribution in [2.24, 2.45) is 0 Å². The molecular formula is C34H46N4O5. The van der Waals surface area contributed by atoms with Gasteiger partial charge in [0.15, 0.2) is 0 Å². The zero-order valence-corrected chi connectivity index (χ0v) is 25.6. The molecule has 2 aromatic carbocycles. The van der Waals surface area contributed by atoms with E-state index in [9.17, 15) is 4.79 Å². The number of hydrogen-bond acceptors (Lipinski definition) is 8. The second-order valence-corrected chi connectivity index (χ2v) is 12.9. The van der Waals surface area contributed by atoms with E-state index in [4.69, 9.17) is 18.9 Å². The fourth-order valence-electron chi connectivity index (χ4n) is 7.88. The molecule has 1 N–H and O–H groups in total. The van der Waals surface area contributed by atoms with E-state index in [1.165, 1.54) is 28.2 Å². The number of hydrogen-bond donors (Lipinski definition) is 1. The lowest BCUT2D eigenvalue weighted by atomic mass is 9.76. The van der Waals surface area contributed by atoms with Gasteiger partial charge in [-0.3, -0.25) is 4.79 Å². The molecule has 6 heterocycles. The molecule has 1 amide bonds. The normalized spacial score (nSPS) is 23.8. The first kappa shape index (κ1) is 28.9. The standard InChI is InChI=1S/C18H24N2O3.C16H22N2O2/c1-14(21)20-13-18(4-8-22-9-5-18)16-3-2-15(12-17(16)20)19-6-10-23-11-7-19;1-2-14-15(11-13(1)18-5-9-20-10-6-18)17-12-16(14)3-7-19-8-4-16/h2-3,12H,4-11,13H2,1H3;1-2,11,17H,3-10,12H2. The number of carbonyl (C=O) groups is 1. The Morgan fingerprint density at radius 1 is 0.674 bits per heavy atom. The van der Waals surface area contributed by atoms with Gasteiger partial charge in [-0.1, -0.05) is 12.1 Å². The Labute approximate surface area is 255 Å². The van der Waals surface area contributed by atoms with Gasteiger partial charge >= 0.3 is 0 Å². The van der Waals surface area contributed by atoms with Crippen molar-refractivity contribution >= 4 is 28.7 Å². The van der Waals surface area contributed by atoms with Gasteiger partial charge in [-0.05, 0) is 61.1 Å². The molecule has 0 radical (unpaired) electrons. The van der Waals surface area contributed by atoms with Crippen molar-refractivity contribution in [1.29, 1.82) is 0 Å². The van der Waals surface area contributed by atoms with E-state index < -0.39 is 0 Å². The molecule has 43 heavy (non-hydrogen) atoms. The Morgan fingerprint density at radius 2 is 1.19 bits per heavy atom. The van der Waals surface area contributed by atoms with Gasteiger partial charge in [0.2, 0.25) is 5.91 Å². The number of nitrogens with one attached hydrogen (secondary N) is 1. The van der Waals surface area contributed by atoms with Crippen LogP contribution in [0.3, 0.4) is 0 Å². The molecule has 2 spiro atoms. The van der Waals surface area contributed by atoms with E-state index >= 15 is 0 Å². The maximum absolute atomic E-state index is 12.2. The molecule has 0 unspecified atom stereocenters. The van der Waals surface area contributed by atoms with Crippen molar-refractivity contribution in [3.8, 4) is 0 Å². The van der Waals surface area contributed by atoms with Crippen LogP contribution in [0.1, 0.15) is 43.7 Å². The van der Waals surface area contributed by atoms with Crippen molar-refractivity contribution < 1.29 is 23.7 Å². The van der Waals surface area contributed by atoms with Crippen LogP contribution in [0.5, 0.6) is 0 Å². The zero-order valence-electron chi connectivity index (χ0n) is 25.6. The van der Waals surface area contributed by atoms with Crippen molar-refractivity contribution in [2.75, 3.05) is 112 Å². The molecule has 0 aliphatic carbocycles. The molecule has 0 aromatic heterocycles. The maximum Gasteiger partial charge on any atom is 0.223 e. The van der Waals surface area contributed by atoms with Crippen LogP contribution >= 0.6 is 0 Å². The molecule has 6 aliphatic rings. The highest BCUT2D eigenvalue weighted by atomic mass is 16.5. The largest absolute Gasteiger partial charge is 0.384 e. The van der Waals surface area contributed by atoms with Crippen LogP contribution in [-0.4, -0.2) is 98.0 Å². The van der Waals surface area contributed by atoms with Crippen molar-refractivity contribution in [3.63, 3.8) is 0 Å². The maximum atomic E-state index is 12.2. The summed E-state index contributed by atoms with van der Waals surface area (Å²) in [5, 5.41) is 3.63.